The minimum atomic E-state index is 0.673. The summed E-state index contributed by atoms with van der Waals surface area (Å²) in [4.78, 5) is 0. The smallest absolute Gasteiger partial charge is 0.170 e. The molecule has 0 aliphatic heterocycles. The lowest BCUT2D eigenvalue weighted by molar-refractivity contribution is 0.146. The van der Waals surface area contributed by atoms with Gasteiger partial charge in [0.05, 0.1) is 0 Å². The Labute approximate surface area is 121 Å². The summed E-state index contributed by atoms with van der Waals surface area (Å²) in [6, 6.07) is 4.32. The zero-order valence-electron chi connectivity index (χ0n) is 12.3. The molecule has 0 heterocycles. The van der Waals surface area contributed by atoms with Gasteiger partial charge in [0.15, 0.2) is 5.11 Å². The molecule has 1 aromatic rings. The lowest BCUT2D eigenvalue weighted by atomic mass is 10.1. The maximum atomic E-state index is 5.30. The summed E-state index contributed by atoms with van der Waals surface area (Å²) in [6.07, 6.45) is 0.960. The highest BCUT2D eigenvalue weighted by Crippen LogP contribution is 2.21. The van der Waals surface area contributed by atoms with Crippen molar-refractivity contribution in [2.75, 3.05) is 25.1 Å². The SMILES string of the molecule is CCOCCCNC(=S)Nc1c(C)cc(C)cc1C. The third-order valence-electron chi connectivity index (χ3n) is 2.87. The lowest BCUT2D eigenvalue weighted by Gasteiger charge is -2.15. The number of rotatable bonds is 6. The summed E-state index contributed by atoms with van der Waals surface area (Å²) in [5.41, 5.74) is 4.82. The Morgan fingerprint density at radius 1 is 1.21 bits per heavy atom. The molecule has 19 heavy (non-hydrogen) atoms. The van der Waals surface area contributed by atoms with Crippen LogP contribution < -0.4 is 10.6 Å². The van der Waals surface area contributed by atoms with Gasteiger partial charge in [-0.15, -0.1) is 0 Å². The summed E-state index contributed by atoms with van der Waals surface area (Å²) >= 11 is 5.30. The quantitative estimate of drug-likeness (QED) is 0.618. The van der Waals surface area contributed by atoms with Crippen LogP contribution in [0, 0.1) is 20.8 Å². The molecule has 0 saturated carbocycles. The van der Waals surface area contributed by atoms with Gasteiger partial charge in [-0.2, -0.15) is 0 Å². The predicted molar refractivity (Wildman–Crippen MR) is 86.0 cm³/mol. The summed E-state index contributed by atoms with van der Waals surface area (Å²) in [7, 11) is 0. The molecular formula is C15H24N2OS. The topological polar surface area (TPSA) is 33.3 Å². The van der Waals surface area contributed by atoms with Crippen LogP contribution in [0.4, 0.5) is 5.69 Å². The van der Waals surface area contributed by atoms with Gasteiger partial charge in [0, 0.05) is 25.4 Å². The Morgan fingerprint density at radius 2 is 1.84 bits per heavy atom. The third kappa shape index (κ3) is 5.57. The fraction of sp³-hybridized carbons (Fsp3) is 0.533. The number of thiocarbonyl (C=S) groups is 1. The van der Waals surface area contributed by atoms with E-state index in [4.69, 9.17) is 17.0 Å². The van der Waals surface area contributed by atoms with Crippen LogP contribution in [0.15, 0.2) is 12.1 Å². The Morgan fingerprint density at radius 3 is 2.42 bits per heavy atom. The molecule has 1 aromatic carbocycles. The van der Waals surface area contributed by atoms with Crippen molar-refractivity contribution < 1.29 is 4.74 Å². The number of hydrogen-bond donors (Lipinski definition) is 2. The van der Waals surface area contributed by atoms with Gasteiger partial charge in [0.1, 0.15) is 0 Å². The van der Waals surface area contributed by atoms with E-state index in [9.17, 15) is 0 Å². The van der Waals surface area contributed by atoms with Crippen LogP contribution in [0.25, 0.3) is 0 Å². The number of aryl methyl sites for hydroxylation is 3. The van der Waals surface area contributed by atoms with E-state index in [2.05, 4.69) is 43.5 Å². The molecule has 0 radical (unpaired) electrons. The standard InChI is InChI=1S/C15H24N2OS/c1-5-18-8-6-7-16-15(19)17-14-12(3)9-11(2)10-13(14)4/h9-10H,5-8H2,1-4H3,(H2,16,17,19). The average molecular weight is 280 g/mol. The molecule has 0 unspecified atom stereocenters. The first-order chi connectivity index (χ1) is 9.04. The number of anilines is 1. The van der Waals surface area contributed by atoms with Gasteiger partial charge < -0.3 is 15.4 Å². The first kappa shape index (κ1) is 15.9. The molecule has 0 amide bonds. The van der Waals surface area contributed by atoms with E-state index in [0.717, 1.165) is 31.9 Å². The number of nitrogens with one attached hydrogen (secondary N) is 2. The minimum Gasteiger partial charge on any atom is -0.382 e. The number of benzene rings is 1. The Balaban J connectivity index is 2.44. The highest BCUT2D eigenvalue weighted by Gasteiger charge is 2.05. The maximum Gasteiger partial charge on any atom is 0.170 e. The van der Waals surface area contributed by atoms with Gasteiger partial charge in [-0.05, 0) is 57.5 Å². The fourth-order valence-electron chi connectivity index (χ4n) is 2.06. The van der Waals surface area contributed by atoms with Crippen molar-refractivity contribution in [2.45, 2.75) is 34.1 Å². The van der Waals surface area contributed by atoms with Crippen molar-refractivity contribution in [1.29, 1.82) is 0 Å². The molecule has 2 N–H and O–H groups in total. The first-order valence-electron chi connectivity index (χ1n) is 6.75. The highest BCUT2D eigenvalue weighted by molar-refractivity contribution is 7.80. The highest BCUT2D eigenvalue weighted by atomic mass is 32.1. The van der Waals surface area contributed by atoms with Crippen LogP contribution in [0.3, 0.4) is 0 Å². The molecule has 4 heteroatoms. The van der Waals surface area contributed by atoms with E-state index < -0.39 is 0 Å². The summed E-state index contributed by atoms with van der Waals surface area (Å²) < 4.78 is 5.28. The third-order valence-corrected chi connectivity index (χ3v) is 3.12. The second-order valence-electron chi connectivity index (χ2n) is 4.71. The summed E-state index contributed by atoms with van der Waals surface area (Å²) in [6.45, 7) is 10.7. The van der Waals surface area contributed by atoms with E-state index in [0.29, 0.717) is 5.11 Å². The van der Waals surface area contributed by atoms with Gasteiger partial charge in [-0.3, -0.25) is 0 Å². The summed E-state index contributed by atoms with van der Waals surface area (Å²) in [5, 5.41) is 7.15. The van der Waals surface area contributed by atoms with Crippen LogP contribution in [0.1, 0.15) is 30.0 Å². The van der Waals surface area contributed by atoms with E-state index in [1.807, 2.05) is 6.92 Å². The monoisotopic (exact) mass is 280 g/mol. The summed E-state index contributed by atoms with van der Waals surface area (Å²) in [5.74, 6) is 0. The Kier molecular flexibility index (Phi) is 6.81. The molecule has 3 nitrogen and oxygen atoms in total. The lowest BCUT2D eigenvalue weighted by Crippen LogP contribution is -2.30. The molecular weight excluding hydrogens is 256 g/mol. The van der Waals surface area contributed by atoms with Crippen LogP contribution in [-0.4, -0.2) is 24.9 Å². The number of hydrogen-bond acceptors (Lipinski definition) is 2. The minimum absolute atomic E-state index is 0.673. The Bertz CT molecular complexity index is 409. The van der Waals surface area contributed by atoms with Crippen LogP contribution in [0.2, 0.25) is 0 Å². The van der Waals surface area contributed by atoms with Crippen molar-refractivity contribution in [2.24, 2.45) is 0 Å². The van der Waals surface area contributed by atoms with Crippen molar-refractivity contribution in [3.8, 4) is 0 Å². The van der Waals surface area contributed by atoms with Gasteiger partial charge in [-0.1, -0.05) is 17.7 Å². The predicted octanol–water partition coefficient (Wildman–Crippen LogP) is 3.32. The van der Waals surface area contributed by atoms with E-state index >= 15 is 0 Å². The van der Waals surface area contributed by atoms with Crippen LogP contribution in [-0.2, 0) is 4.74 Å². The maximum absolute atomic E-state index is 5.30. The molecule has 0 bridgehead atoms. The molecule has 106 valence electrons. The molecule has 0 aliphatic carbocycles. The van der Waals surface area contributed by atoms with E-state index in [1.54, 1.807) is 0 Å². The van der Waals surface area contributed by atoms with Gasteiger partial charge in [-0.25, -0.2) is 0 Å². The van der Waals surface area contributed by atoms with Gasteiger partial charge >= 0.3 is 0 Å². The second-order valence-corrected chi connectivity index (χ2v) is 5.11. The van der Waals surface area contributed by atoms with Crippen molar-refractivity contribution in [3.05, 3.63) is 28.8 Å². The molecule has 1 rings (SSSR count). The average Bonchev–Trinajstić information content (AvgIpc) is 2.33. The molecule has 0 spiro atoms. The molecule has 0 saturated heterocycles. The number of ether oxygens (including phenoxy) is 1. The molecule has 0 atom stereocenters. The van der Waals surface area contributed by atoms with E-state index in [1.165, 1.54) is 16.7 Å². The zero-order valence-corrected chi connectivity index (χ0v) is 13.1. The van der Waals surface area contributed by atoms with Crippen molar-refractivity contribution >= 4 is 23.0 Å². The molecule has 0 aliphatic rings. The van der Waals surface area contributed by atoms with Crippen molar-refractivity contribution in [3.63, 3.8) is 0 Å². The largest absolute Gasteiger partial charge is 0.382 e. The van der Waals surface area contributed by atoms with E-state index in [-0.39, 0.29) is 0 Å². The van der Waals surface area contributed by atoms with Gasteiger partial charge in [0.2, 0.25) is 0 Å². The van der Waals surface area contributed by atoms with Crippen LogP contribution >= 0.6 is 12.2 Å². The van der Waals surface area contributed by atoms with Crippen LogP contribution in [0.5, 0.6) is 0 Å². The Hall–Kier alpha value is -1.13. The first-order valence-corrected chi connectivity index (χ1v) is 7.16. The molecule has 0 fully saturated rings. The van der Waals surface area contributed by atoms with Gasteiger partial charge in [0.25, 0.3) is 0 Å². The fourth-order valence-corrected chi connectivity index (χ4v) is 2.26. The normalized spacial score (nSPS) is 10.3. The zero-order chi connectivity index (χ0) is 14.3. The molecule has 0 aromatic heterocycles. The van der Waals surface area contributed by atoms with Crippen molar-refractivity contribution in [1.82, 2.24) is 5.32 Å². The second kappa shape index (κ2) is 8.12.